The maximum atomic E-state index is 13.0. The van der Waals surface area contributed by atoms with E-state index in [1.54, 1.807) is 35.5 Å². The van der Waals surface area contributed by atoms with Crippen molar-refractivity contribution < 1.29 is 25.8 Å². The van der Waals surface area contributed by atoms with E-state index in [9.17, 15) is 21.6 Å². The van der Waals surface area contributed by atoms with Gasteiger partial charge in [0.15, 0.2) is 11.5 Å². The summed E-state index contributed by atoms with van der Waals surface area (Å²) < 4.78 is 66.5. The van der Waals surface area contributed by atoms with Crippen molar-refractivity contribution in [3.63, 3.8) is 0 Å². The van der Waals surface area contributed by atoms with Crippen LogP contribution in [0.2, 0.25) is 0 Å². The molecule has 186 valence electrons. The molecule has 0 spiro atoms. The number of alkyl halides is 3. The predicted molar refractivity (Wildman–Crippen MR) is 126 cm³/mol. The second-order valence-electron chi connectivity index (χ2n) is 8.11. The molecule has 9 nitrogen and oxygen atoms in total. The predicted octanol–water partition coefficient (Wildman–Crippen LogP) is 3.05. The number of halogens is 3. The summed E-state index contributed by atoms with van der Waals surface area (Å²) in [5.41, 5.74) is 1.82. The van der Waals surface area contributed by atoms with E-state index in [0.717, 1.165) is 23.6 Å². The lowest BCUT2D eigenvalue weighted by Crippen LogP contribution is -2.46. The minimum Gasteiger partial charge on any atom is -0.376 e. The number of hydrogen-bond acceptors (Lipinski definition) is 9. The average molecular weight is 517 g/mol. The van der Waals surface area contributed by atoms with E-state index < -0.39 is 26.9 Å². The third-order valence-electron chi connectivity index (χ3n) is 5.85. The van der Waals surface area contributed by atoms with Crippen molar-refractivity contribution in [2.45, 2.75) is 17.5 Å². The van der Waals surface area contributed by atoms with Crippen LogP contribution in [0.5, 0.6) is 5.75 Å². The Morgan fingerprint density at radius 3 is 2.42 bits per heavy atom. The molecular formula is C23H19F3N6O3S. The second kappa shape index (κ2) is 8.59. The molecule has 1 atom stereocenters. The van der Waals surface area contributed by atoms with Gasteiger partial charge in [-0.2, -0.15) is 21.6 Å². The van der Waals surface area contributed by atoms with Crippen LogP contribution in [0.25, 0.3) is 11.1 Å². The molecular weight excluding hydrogens is 497 g/mol. The number of hydrogen-bond donors (Lipinski definition) is 1. The van der Waals surface area contributed by atoms with Crippen molar-refractivity contribution in [3.8, 4) is 16.9 Å². The number of aliphatic imine (C=N–C) groups is 2. The maximum Gasteiger partial charge on any atom is 0.534 e. The van der Waals surface area contributed by atoms with Crippen molar-refractivity contribution >= 4 is 21.9 Å². The molecule has 0 saturated heterocycles. The smallest absolute Gasteiger partial charge is 0.376 e. The van der Waals surface area contributed by atoms with Gasteiger partial charge in [-0.1, -0.05) is 30.3 Å². The Hall–Kier alpha value is -4.00. The number of aromatic nitrogens is 2. The number of nitrogens with zero attached hydrogens (tertiary/aromatic N) is 5. The van der Waals surface area contributed by atoms with E-state index in [4.69, 9.17) is 10.7 Å². The zero-order valence-corrected chi connectivity index (χ0v) is 19.4. The molecule has 0 amide bonds. The third kappa shape index (κ3) is 3.94. The molecule has 36 heavy (non-hydrogen) atoms. The van der Waals surface area contributed by atoms with Gasteiger partial charge in [-0.25, -0.2) is 15.0 Å². The summed E-state index contributed by atoms with van der Waals surface area (Å²) in [6, 6.07) is 12.6. The van der Waals surface area contributed by atoms with Gasteiger partial charge in [0.25, 0.3) is 0 Å². The standard InChI is InChI=1S/C23H19F3N6O3S/c24-23(25,26)36(33,34)35-19-7-2-6-18(11-19)22(20-30-8-3-9-32(20)21(27)31-22)17-5-1-4-15(10-17)16-12-28-14-29-13-16/h1-2,4-7,10-14H,3,8-9H2,(H2,27,31). The van der Waals surface area contributed by atoms with Gasteiger partial charge in [-0.05, 0) is 41.3 Å². The lowest BCUT2D eigenvalue weighted by atomic mass is 9.81. The monoisotopic (exact) mass is 516 g/mol. The van der Waals surface area contributed by atoms with E-state index >= 15 is 0 Å². The highest BCUT2D eigenvalue weighted by molar-refractivity contribution is 7.88. The van der Waals surface area contributed by atoms with Gasteiger partial charge in [-0.15, -0.1) is 0 Å². The number of nitrogens with two attached hydrogens (primary N) is 1. The quantitative estimate of drug-likeness (QED) is 0.408. The van der Waals surface area contributed by atoms with Gasteiger partial charge in [0.2, 0.25) is 0 Å². The summed E-state index contributed by atoms with van der Waals surface area (Å²) in [5.74, 6) is 0.167. The van der Waals surface area contributed by atoms with Crippen molar-refractivity contribution in [2.24, 2.45) is 15.7 Å². The Bertz CT molecular complexity index is 1480. The first kappa shape index (κ1) is 23.7. The van der Waals surface area contributed by atoms with Crippen LogP contribution in [-0.2, 0) is 15.7 Å². The number of guanidine groups is 1. The topological polar surface area (TPSA) is 123 Å². The highest BCUT2D eigenvalue weighted by Crippen LogP contribution is 2.43. The molecule has 3 heterocycles. The zero-order valence-electron chi connectivity index (χ0n) is 18.6. The molecule has 2 N–H and O–H groups in total. The first-order valence-corrected chi connectivity index (χ1v) is 12.2. The third-order valence-corrected chi connectivity index (χ3v) is 6.83. The van der Waals surface area contributed by atoms with Crippen LogP contribution in [0.3, 0.4) is 0 Å². The molecule has 2 aliphatic rings. The van der Waals surface area contributed by atoms with E-state index in [2.05, 4.69) is 19.1 Å². The van der Waals surface area contributed by atoms with Crippen molar-refractivity contribution in [2.75, 3.05) is 13.1 Å². The van der Waals surface area contributed by atoms with Crippen molar-refractivity contribution in [1.29, 1.82) is 0 Å². The van der Waals surface area contributed by atoms with E-state index in [1.807, 2.05) is 12.1 Å². The van der Waals surface area contributed by atoms with Gasteiger partial charge in [-0.3, -0.25) is 9.89 Å². The number of amidine groups is 1. The molecule has 0 bridgehead atoms. The highest BCUT2D eigenvalue weighted by Gasteiger charge is 2.51. The Kier molecular flexibility index (Phi) is 5.66. The van der Waals surface area contributed by atoms with Crippen LogP contribution in [0.1, 0.15) is 17.5 Å². The van der Waals surface area contributed by atoms with E-state index in [1.165, 1.54) is 18.5 Å². The van der Waals surface area contributed by atoms with Gasteiger partial charge in [0.05, 0.1) is 0 Å². The average Bonchev–Trinajstić information content (AvgIpc) is 3.17. The first-order chi connectivity index (χ1) is 17.1. The van der Waals surface area contributed by atoms with Crippen LogP contribution < -0.4 is 9.92 Å². The van der Waals surface area contributed by atoms with Gasteiger partial charge in [0, 0.05) is 31.0 Å². The van der Waals surface area contributed by atoms with Crippen molar-refractivity contribution in [1.82, 2.24) is 14.9 Å². The van der Waals surface area contributed by atoms with Gasteiger partial charge < -0.3 is 9.92 Å². The largest absolute Gasteiger partial charge is 0.534 e. The molecule has 1 unspecified atom stereocenters. The molecule has 3 aromatic rings. The second-order valence-corrected chi connectivity index (χ2v) is 9.65. The normalized spacial score (nSPS) is 19.9. The van der Waals surface area contributed by atoms with E-state index in [-0.39, 0.29) is 5.96 Å². The summed E-state index contributed by atoms with van der Waals surface area (Å²) in [5, 5.41) is 0. The van der Waals surface area contributed by atoms with Crippen LogP contribution in [0.15, 0.2) is 77.2 Å². The summed E-state index contributed by atoms with van der Waals surface area (Å²) in [4.78, 5) is 19.3. The van der Waals surface area contributed by atoms with Crippen LogP contribution in [0, 0.1) is 0 Å². The number of rotatable bonds is 5. The first-order valence-electron chi connectivity index (χ1n) is 10.8. The molecule has 0 fully saturated rings. The zero-order chi connectivity index (χ0) is 25.6. The highest BCUT2D eigenvalue weighted by atomic mass is 32.2. The van der Waals surface area contributed by atoms with Crippen LogP contribution >= 0.6 is 0 Å². The lowest BCUT2D eigenvalue weighted by molar-refractivity contribution is -0.0500. The summed E-state index contributed by atoms with van der Waals surface area (Å²) in [7, 11) is -5.87. The molecule has 0 aliphatic carbocycles. The Morgan fingerprint density at radius 1 is 1.00 bits per heavy atom. The molecule has 1 aromatic heterocycles. The van der Waals surface area contributed by atoms with Gasteiger partial charge in [0.1, 0.15) is 17.9 Å². The van der Waals surface area contributed by atoms with E-state index in [0.29, 0.717) is 30.1 Å². The number of benzene rings is 2. The van der Waals surface area contributed by atoms with Crippen molar-refractivity contribution in [3.05, 3.63) is 78.4 Å². The Morgan fingerprint density at radius 2 is 1.69 bits per heavy atom. The molecule has 0 saturated carbocycles. The fraction of sp³-hybridized carbons (Fsp3) is 0.217. The molecule has 5 rings (SSSR count). The van der Waals surface area contributed by atoms with Crippen LogP contribution in [-0.4, -0.2) is 53.7 Å². The molecule has 2 aliphatic heterocycles. The molecule has 0 radical (unpaired) electrons. The maximum absolute atomic E-state index is 13.0. The fourth-order valence-electron chi connectivity index (χ4n) is 4.29. The SMILES string of the molecule is NC1=NC(c2cccc(OS(=O)(=O)C(F)(F)F)c2)(c2cccc(-c3cncnc3)c2)C2=NCCCN12. The minimum atomic E-state index is -5.87. The lowest BCUT2D eigenvalue weighted by Gasteiger charge is -2.33. The minimum absolute atomic E-state index is 0.191. The van der Waals surface area contributed by atoms with Gasteiger partial charge >= 0.3 is 15.6 Å². The molecule has 13 heteroatoms. The molecule has 2 aromatic carbocycles. The number of fused-ring (bicyclic) bond motifs is 1. The summed E-state index contributed by atoms with van der Waals surface area (Å²) in [6.45, 7) is 1.06. The van der Waals surface area contributed by atoms with Crippen LogP contribution in [0.4, 0.5) is 13.2 Å². The fourth-order valence-corrected chi connectivity index (χ4v) is 4.74. The Labute approximate surface area is 204 Å². The summed E-state index contributed by atoms with van der Waals surface area (Å²) in [6.07, 6.45) is 5.44. The Balaban J connectivity index is 1.70. The summed E-state index contributed by atoms with van der Waals surface area (Å²) >= 11 is 0.